The van der Waals surface area contributed by atoms with Gasteiger partial charge in [0.1, 0.15) is 24.4 Å². The maximum absolute atomic E-state index is 9.67. The zero-order valence-corrected chi connectivity index (χ0v) is 11.6. The fourth-order valence-electron chi connectivity index (χ4n) is 1.58. The van der Waals surface area contributed by atoms with Crippen molar-refractivity contribution in [3.05, 3.63) is 0 Å². The van der Waals surface area contributed by atoms with Crippen LogP contribution in [0.1, 0.15) is 0 Å². The summed E-state index contributed by atoms with van der Waals surface area (Å²) >= 11 is 0. The van der Waals surface area contributed by atoms with E-state index in [1.54, 1.807) is 0 Å². The highest BCUT2D eigenvalue weighted by molar-refractivity contribution is 5.85. The third-order valence-corrected chi connectivity index (χ3v) is 2.45. The standard InChI is InChI=1S/C8H18N6O3.2ClH/c9-7(10)13-1-3-5(15)6(16)4(17-3)2-14-8(11)12;;/h3-6,15-16H,1-2H2,(H4,9,10,13)(H4,11,12,14);2*1H/t3-,4-,5-,6-;;/m1../s1. The Labute approximate surface area is 122 Å². The average molecular weight is 319 g/mol. The summed E-state index contributed by atoms with van der Waals surface area (Å²) < 4.78 is 5.36. The highest BCUT2D eigenvalue weighted by Gasteiger charge is 2.42. The van der Waals surface area contributed by atoms with E-state index in [9.17, 15) is 10.2 Å². The Morgan fingerprint density at radius 3 is 1.53 bits per heavy atom. The molecule has 0 aliphatic carbocycles. The van der Waals surface area contributed by atoms with Crippen LogP contribution >= 0.6 is 24.8 Å². The van der Waals surface area contributed by atoms with Gasteiger partial charge < -0.3 is 37.1 Å². The summed E-state index contributed by atoms with van der Waals surface area (Å²) in [5.41, 5.74) is 10.2. The molecule has 19 heavy (non-hydrogen) atoms. The van der Waals surface area contributed by atoms with E-state index in [0.29, 0.717) is 0 Å². The Hall–Kier alpha value is -1.00. The van der Waals surface area contributed by atoms with Crippen molar-refractivity contribution in [2.75, 3.05) is 13.1 Å². The molecule has 0 amide bonds. The Bertz CT molecular complexity index is 280. The minimum Gasteiger partial charge on any atom is -0.388 e. The second-order valence-corrected chi connectivity index (χ2v) is 3.78. The molecule has 9 nitrogen and oxygen atoms in total. The van der Waals surface area contributed by atoms with Crippen LogP contribution in [0.25, 0.3) is 0 Å². The van der Waals surface area contributed by atoms with Crippen molar-refractivity contribution < 1.29 is 14.9 Å². The smallest absolute Gasteiger partial charge is 0.185 e. The van der Waals surface area contributed by atoms with Crippen molar-refractivity contribution >= 4 is 36.7 Å². The summed E-state index contributed by atoms with van der Waals surface area (Å²) in [6.45, 7) is 0.258. The lowest BCUT2D eigenvalue weighted by atomic mass is 10.1. The molecule has 0 aromatic rings. The van der Waals surface area contributed by atoms with Gasteiger partial charge in [-0.1, -0.05) is 0 Å². The van der Waals surface area contributed by atoms with Gasteiger partial charge in [-0.3, -0.25) is 10.8 Å². The molecule has 0 bridgehead atoms. The van der Waals surface area contributed by atoms with Gasteiger partial charge in [0.25, 0.3) is 0 Å². The quantitative estimate of drug-likeness (QED) is 0.205. The minimum atomic E-state index is -1.07. The Morgan fingerprint density at radius 1 is 0.947 bits per heavy atom. The molecule has 0 radical (unpaired) electrons. The van der Waals surface area contributed by atoms with Gasteiger partial charge in [-0.25, -0.2) is 0 Å². The molecule has 0 spiro atoms. The van der Waals surface area contributed by atoms with Crippen LogP contribution in [0.2, 0.25) is 0 Å². The third-order valence-electron chi connectivity index (χ3n) is 2.45. The van der Waals surface area contributed by atoms with Crippen LogP contribution < -0.4 is 22.1 Å². The van der Waals surface area contributed by atoms with Crippen molar-refractivity contribution in [2.45, 2.75) is 24.4 Å². The topological polar surface area (TPSA) is 173 Å². The van der Waals surface area contributed by atoms with Crippen LogP contribution in [0.15, 0.2) is 0 Å². The molecule has 11 heteroatoms. The summed E-state index contributed by atoms with van der Waals surface area (Å²) in [5.74, 6) is -0.471. The van der Waals surface area contributed by atoms with E-state index in [1.165, 1.54) is 0 Å². The van der Waals surface area contributed by atoms with E-state index < -0.39 is 24.4 Å². The monoisotopic (exact) mass is 318 g/mol. The molecule has 1 rings (SSSR count). The van der Waals surface area contributed by atoms with E-state index in [0.717, 1.165) is 0 Å². The molecule has 4 atom stereocenters. The molecule has 10 N–H and O–H groups in total. The number of guanidine groups is 2. The van der Waals surface area contributed by atoms with E-state index >= 15 is 0 Å². The molecular weight excluding hydrogens is 299 g/mol. The lowest BCUT2D eigenvalue weighted by molar-refractivity contribution is 0.0136. The molecule has 1 heterocycles. The lowest BCUT2D eigenvalue weighted by Gasteiger charge is -2.15. The van der Waals surface area contributed by atoms with Crippen molar-refractivity contribution in [2.24, 2.45) is 11.5 Å². The van der Waals surface area contributed by atoms with E-state index in [4.69, 9.17) is 27.0 Å². The van der Waals surface area contributed by atoms with Crippen molar-refractivity contribution in [1.82, 2.24) is 10.6 Å². The number of aliphatic hydroxyl groups is 2. The van der Waals surface area contributed by atoms with Crippen LogP contribution in [0.4, 0.5) is 0 Å². The number of hydrogen-bond acceptors (Lipinski definition) is 5. The third kappa shape index (κ3) is 6.12. The number of ether oxygens (including phenoxy) is 1. The van der Waals surface area contributed by atoms with Crippen LogP contribution in [0.3, 0.4) is 0 Å². The van der Waals surface area contributed by atoms with Crippen LogP contribution in [0, 0.1) is 10.8 Å². The van der Waals surface area contributed by atoms with Crippen molar-refractivity contribution in [1.29, 1.82) is 10.8 Å². The van der Waals surface area contributed by atoms with Crippen LogP contribution in [-0.2, 0) is 4.74 Å². The molecule has 0 aromatic carbocycles. The summed E-state index contributed by atoms with van der Waals surface area (Å²) in [5, 5.41) is 38.3. The first kappa shape index (κ1) is 20.3. The molecule has 1 aliphatic heterocycles. The predicted molar refractivity (Wildman–Crippen MR) is 75.0 cm³/mol. The van der Waals surface area contributed by atoms with E-state index in [1.807, 2.05) is 0 Å². The zero-order chi connectivity index (χ0) is 13.0. The number of rotatable bonds is 4. The summed E-state index contributed by atoms with van der Waals surface area (Å²) in [4.78, 5) is 0. The predicted octanol–water partition coefficient (Wildman–Crippen LogP) is -2.71. The number of hydrogen-bond donors (Lipinski definition) is 8. The number of aliphatic hydroxyl groups excluding tert-OH is 2. The molecule has 0 unspecified atom stereocenters. The van der Waals surface area contributed by atoms with Gasteiger partial charge in [-0.15, -0.1) is 24.8 Å². The maximum atomic E-state index is 9.67. The van der Waals surface area contributed by atoms with E-state index in [-0.39, 0.29) is 49.8 Å². The minimum absolute atomic E-state index is 0. The first-order chi connectivity index (χ1) is 7.91. The average Bonchev–Trinajstić information content (AvgIpc) is 2.51. The lowest BCUT2D eigenvalue weighted by Crippen LogP contribution is -2.42. The summed E-state index contributed by atoms with van der Waals surface area (Å²) in [6.07, 6.45) is -3.46. The SMILES string of the molecule is Cl.Cl.N=C(N)NC[C@H]1O[C@H](CNC(=N)N)[C@@H](O)[C@@H]1O. The second-order valence-electron chi connectivity index (χ2n) is 3.78. The Morgan fingerprint density at radius 2 is 1.26 bits per heavy atom. The molecule has 0 saturated carbocycles. The summed E-state index contributed by atoms with van der Waals surface area (Å²) in [7, 11) is 0. The molecule has 0 aromatic heterocycles. The van der Waals surface area contributed by atoms with Gasteiger partial charge in [0, 0.05) is 13.1 Å². The van der Waals surface area contributed by atoms with Gasteiger partial charge >= 0.3 is 0 Å². The highest BCUT2D eigenvalue weighted by atomic mass is 35.5. The molecule has 1 aliphatic rings. The largest absolute Gasteiger partial charge is 0.388 e. The maximum Gasteiger partial charge on any atom is 0.185 e. The number of nitrogens with two attached hydrogens (primary N) is 2. The zero-order valence-electron chi connectivity index (χ0n) is 10.00. The van der Waals surface area contributed by atoms with Crippen LogP contribution in [-0.4, -0.2) is 59.6 Å². The van der Waals surface area contributed by atoms with Gasteiger partial charge in [0.05, 0.1) is 0 Å². The van der Waals surface area contributed by atoms with E-state index in [2.05, 4.69) is 10.6 Å². The first-order valence-corrected chi connectivity index (χ1v) is 5.09. The number of nitrogens with one attached hydrogen (secondary N) is 4. The Kier molecular flexibility index (Phi) is 9.62. The van der Waals surface area contributed by atoms with Crippen molar-refractivity contribution in [3.8, 4) is 0 Å². The molecule has 1 fully saturated rings. The van der Waals surface area contributed by atoms with Gasteiger partial charge in [-0.05, 0) is 0 Å². The number of halogens is 2. The fraction of sp³-hybridized carbons (Fsp3) is 0.750. The molecule has 1 saturated heterocycles. The van der Waals surface area contributed by atoms with Crippen LogP contribution in [0.5, 0.6) is 0 Å². The second kappa shape index (κ2) is 8.99. The normalized spacial score (nSPS) is 28.7. The fourth-order valence-corrected chi connectivity index (χ4v) is 1.58. The Balaban J connectivity index is 0. The highest BCUT2D eigenvalue weighted by Crippen LogP contribution is 2.20. The van der Waals surface area contributed by atoms with Gasteiger partial charge in [0.2, 0.25) is 0 Å². The molecule has 114 valence electrons. The first-order valence-electron chi connectivity index (χ1n) is 5.09. The summed E-state index contributed by atoms with van der Waals surface area (Å²) in [6, 6.07) is 0. The van der Waals surface area contributed by atoms with Crippen molar-refractivity contribution in [3.63, 3.8) is 0 Å². The molecular formula is C8H20Cl2N6O3. The van der Waals surface area contributed by atoms with Gasteiger partial charge in [-0.2, -0.15) is 0 Å². The van der Waals surface area contributed by atoms with Gasteiger partial charge in [0.15, 0.2) is 11.9 Å².